The van der Waals surface area contributed by atoms with Crippen LogP contribution in [0.15, 0.2) is 17.1 Å². The van der Waals surface area contributed by atoms with Gasteiger partial charge in [0, 0.05) is 31.7 Å². The molecule has 0 saturated heterocycles. The van der Waals surface area contributed by atoms with Crippen molar-refractivity contribution < 1.29 is 9.47 Å². The van der Waals surface area contributed by atoms with Gasteiger partial charge in [-0.25, -0.2) is 4.99 Å². The standard InChI is InChI=1S/C22H32ClN5O2.HI/c1-6-24-22(26-14(2)10-18-15(3)27-28(5)16(18)4)25-13-17-11-19(23)21-20(12-17)29-8-7-9-30-21;/h11-12,14H,6-10,13H2,1-5H3,(H2,24,25,26);1H. The van der Waals surface area contributed by atoms with Crippen LogP contribution in [0, 0.1) is 13.8 Å². The molecule has 0 radical (unpaired) electrons. The second-order valence-corrected chi connectivity index (χ2v) is 8.08. The predicted octanol–water partition coefficient (Wildman–Crippen LogP) is 4.16. The summed E-state index contributed by atoms with van der Waals surface area (Å²) in [7, 11) is 1.98. The van der Waals surface area contributed by atoms with Gasteiger partial charge in [-0.1, -0.05) is 11.6 Å². The lowest BCUT2D eigenvalue weighted by atomic mass is 10.1. The molecule has 0 saturated carbocycles. The molecule has 31 heavy (non-hydrogen) atoms. The minimum atomic E-state index is 0. The van der Waals surface area contributed by atoms with E-state index in [1.165, 1.54) is 11.3 Å². The number of benzene rings is 1. The molecule has 0 amide bonds. The fourth-order valence-corrected chi connectivity index (χ4v) is 3.86. The van der Waals surface area contributed by atoms with E-state index in [0.717, 1.165) is 36.6 Å². The molecule has 1 aromatic heterocycles. The highest BCUT2D eigenvalue weighted by atomic mass is 127. The summed E-state index contributed by atoms with van der Waals surface area (Å²) >= 11 is 6.41. The number of aliphatic imine (C=N–C) groups is 1. The topological polar surface area (TPSA) is 72.7 Å². The van der Waals surface area contributed by atoms with Gasteiger partial charge >= 0.3 is 0 Å². The van der Waals surface area contributed by atoms with Crippen LogP contribution in [0.1, 0.15) is 42.8 Å². The summed E-state index contributed by atoms with van der Waals surface area (Å²) in [5.74, 6) is 2.09. The third-order valence-corrected chi connectivity index (χ3v) is 5.46. The Morgan fingerprint density at radius 2 is 2.03 bits per heavy atom. The molecule has 2 N–H and O–H groups in total. The lowest BCUT2D eigenvalue weighted by Crippen LogP contribution is -2.43. The van der Waals surface area contributed by atoms with Crippen molar-refractivity contribution in [3.05, 3.63) is 39.7 Å². The number of halogens is 2. The zero-order chi connectivity index (χ0) is 21.7. The van der Waals surface area contributed by atoms with Gasteiger partial charge in [0.2, 0.25) is 0 Å². The summed E-state index contributed by atoms with van der Waals surface area (Å²) < 4.78 is 13.4. The molecule has 7 nitrogen and oxygen atoms in total. The van der Waals surface area contributed by atoms with Crippen LogP contribution >= 0.6 is 35.6 Å². The maximum absolute atomic E-state index is 6.41. The van der Waals surface area contributed by atoms with E-state index in [0.29, 0.717) is 36.3 Å². The van der Waals surface area contributed by atoms with E-state index in [-0.39, 0.29) is 30.0 Å². The summed E-state index contributed by atoms with van der Waals surface area (Å²) in [4.78, 5) is 4.75. The van der Waals surface area contributed by atoms with Gasteiger partial charge in [-0.15, -0.1) is 24.0 Å². The first kappa shape index (κ1) is 25.6. The van der Waals surface area contributed by atoms with E-state index in [9.17, 15) is 0 Å². The second kappa shape index (κ2) is 11.8. The van der Waals surface area contributed by atoms with Crippen molar-refractivity contribution in [2.45, 2.75) is 53.1 Å². The van der Waals surface area contributed by atoms with Crippen molar-refractivity contribution >= 4 is 41.5 Å². The number of guanidine groups is 1. The summed E-state index contributed by atoms with van der Waals surface area (Å²) in [5.41, 5.74) is 4.54. The van der Waals surface area contributed by atoms with Gasteiger partial charge in [-0.05, 0) is 57.4 Å². The van der Waals surface area contributed by atoms with E-state index < -0.39 is 0 Å². The number of ether oxygens (including phenoxy) is 2. The Kier molecular flexibility index (Phi) is 9.74. The Morgan fingerprint density at radius 1 is 1.29 bits per heavy atom. The molecule has 1 aliphatic rings. The van der Waals surface area contributed by atoms with Crippen molar-refractivity contribution in [1.82, 2.24) is 20.4 Å². The van der Waals surface area contributed by atoms with Crippen molar-refractivity contribution in [1.29, 1.82) is 0 Å². The van der Waals surface area contributed by atoms with Crippen molar-refractivity contribution in [3.8, 4) is 11.5 Å². The predicted molar refractivity (Wildman–Crippen MR) is 136 cm³/mol. The molecule has 3 rings (SSSR count). The first-order valence-electron chi connectivity index (χ1n) is 10.5. The molecule has 1 unspecified atom stereocenters. The van der Waals surface area contributed by atoms with Crippen LogP contribution in [-0.2, 0) is 20.0 Å². The number of nitrogens with one attached hydrogen (secondary N) is 2. The number of rotatable bonds is 6. The number of aromatic nitrogens is 2. The Morgan fingerprint density at radius 3 is 2.71 bits per heavy atom. The minimum absolute atomic E-state index is 0. The largest absolute Gasteiger partial charge is 0.489 e. The van der Waals surface area contributed by atoms with Crippen molar-refractivity contribution in [3.63, 3.8) is 0 Å². The SMILES string of the molecule is CCNC(=NCc1cc(Cl)c2c(c1)OCCCO2)NC(C)Cc1c(C)nn(C)c1C.I. The summed E-state index contributed by atoms with van der Waals surface area (Å²) in [6, 6.07) is 4.07. The number of aryl methyl sites for hydroxylation is 2. The van der Waals surface area contributed by atoms with Crippen molar-refractivity contribution in [2.75, 3.05) is 19.8 Å². The van der Waals surface area contributed by atoms with Crippen LogP contribution < -0.4 is 20.1 Å². The molecule has 1 atom stereocenters. The Labute approximate surface area is 207 Å². The monoisotopic (exact) mass is 561 g/mol. The third kappa shape index (κ3) is 6.65. The maximum atomic E-state index is 6.41. The molecule has 172 valence electrons. The zero-order valence-corrected chi connectivity index (χ0v) is 22.0. The first-order chi connectivity index (χ1) is 14.4. The van der Waals surface area contributed by atoms with Gasteiger partial charge in [-0.2, -0.15) is 5.10 Å². The summed E-state index contributed by atoms with van der Waals surface area (Å²) in [5, 5.41) is 11.9. The van der Waals surface area contributed by atoms with Crippen molar-refractivity contribution in [2.24, 2.45) is 12.0 Å². The highest BCUT2D eigenvalue weighted by Crippen LogP contribution is 2.38. The average molecular weight is 562 g/mol. The molecule has 0 aliphatic carbocycles. The lowest BCUT2D eigenvalue weighted by Gasteiger charge is -2.18. The van der Waals surface area contributed by atoms with Crippen LogP contribution in [0.2, 0.25) is 5.02 Å². The Bertz CT molecular complexity index is 916. The zero-order valence-electron chi connectivity index (χ0n) is 18.9. The third-order valence-electron chi connectivity index (χ3n) is 5.18. The van der Waals surface area contributed by atoms with Gasteiger partial charge in [0.1, 0.15) is 0 Å². The molecule has 2 aromatic rings. The highest BCUT2D eigenvalue weighted by Gasteiger charge is 2.16. The number of nitrogens with zero attached hydrogens (tertiary/aromatic N) is 3. The summed E-state index contributed by atoms with van der Waals surface area (Å²) in [6.45, 7) is 10.9. The number of hydrogen-bond donors (Lipinski definition) is 2. The fourth-order valence-electron chi connectivity index (χ4n) is 3.57. The number of hydrogen-bond acceptors (Lipinski definition) is 4. The van der Waals surface area contributed by atoms with Crippen LogP contribution in [0.5, 0.6) is 11.5 Å². The second-order valence-electron chi connectivity index (χ2n) is 7.67. The molecular formula is C22H33ClIN5O2. The van der Waals surface area contributed by atoms with Gasteiger partial charge in [0.25, 0.3) is 0 Å². The van der Waals surface area contributed by atoms with Gasteiger partial charge in [0.15, 0.2) is 17.5 Å². The molecule has 0 fully saturated rings. The van der Waals surface area contributed by atoms with E-state index >= 15 is 0 Å². The van der Waals surface area contributed by atoms with E-state index in [2.05, 4.69) is 43.4 Å². The molecular weight excluding hydrogens is 529 g/mol. The van der Waals surface area contributed by atoms with E-state index in [1.54, 1.807) is 0 Å². The lowest BCUT2D eigenvalue weighted by molar-refractivity contribution is 0.297. The smallest absolute Gasteiger partial charge is 0.191 e. The van der Waals surface area contributed by atoms with Crippen LogP contribution in [0.25, 0.3) is 0 Å². The Balaban J connectivity index is 0.00000341. The minimum Gasteiger partial charge on any atom is -0.489 e. The molecule has 2 heterocycles. The van der Waals surface area contributed by atoms with Gasteiger partial charge in [-0.3, -0.25) is 4.68 Å². The Hall–Kier alpha value is -1.68. The van der Waals surface area contributed by atoms with E-state index in [4.69, 9.17) is 26.1 Å². The van der Waals surface area contributed by atoms with Crippen LogP contribution in [-0.4, -0.2) is 41.5 Å². The first-order valence-corrected chi connectivity index (χ1v) is 10.9. The van der Waals surface area contributed by atoms with Crippen LogP contribution in [0.3, 0.4) is 0 Å². The van der Waals surface area contributed by atoms with E-state index in [1.807, 2.05) is 23.9 Å². The highest BCUT2D eigenvalue weighted by molar-refractivity contribution is 14.0. The molecule has 1 aromatic carbocycles. The number of fused-ring (bicyclic) bond motifs is 1. The van der Waals surface area contributed by atoms with Gasteiger partial charge < -0.3 is 20.1 Å². The van der Waals surface area contributed by atoms with Gasteiger partial charge in [0.05, 0.1) is 30.5 Å². The summed E-state index contributed by atoms with van der Waals surface area (Å²) in [6.07, 6.45) is 1.73. The maximum Gasteiger partial charge on any atom is 0.191 e. The van der Waals surface area contributed by atoms with Crippen LogP contribution in [0.4, 0.5) is 0 Å². The quantitative estimate of drug-likeness (QED) is 0.315. The molecule has 9 heteroatoms. The normalized spacial score (nSPS) is 14.5. The molecule has 0 bridgehead atoms. The molecule has 1 aliphatic heterocycles. The fraction of sp³-hybridized carbons (Fsp3) is 0.545. The molecule has 0 spiro atoms. The average Bonchev–Trinajstić information content (AvgIpc) is 2.88.